The predicted octanol–water partition coefficient (Wildman–Crippen LogP) is 1.48. The Bertz CT molecular complexity index is 844. The Morgan fingerprint density at radius 2 is 1.73 bits per heavy atom. The molecule has 0 saturated carbocycles. The number of aromatic nitrogens is 4. The van der Waals surface area contributed by atoms with E-state index in [9.17, 15) is 9.59 Å². The van der Waals surface area contributed by atoms with Crippen molar-refractivity contribution in [3.05, 3.63) is 71.0 Å². The summed E-state index contributed by atoms with van der Waals surface area (Å²) in [6, 6.07) is 10.9. The average molecular weight is 293 g/mol. The Labute approximate surface area is 125 Å². The van der Waals surface area contributed by atoms with Crippen LogP contribution in [-0.2, 0) is 0 Å². The number of aromatic amines is 1. The standard InChI is InChI=1S/C15H11N5O2/c21-14(19-12-6-7-16-15(22)20-12)11-8-17-13(18-9-11)10-4-2-1-3-5-10/h1-9H,(H2,16,19,20,21,22). The molecule has 0 radical (unpaired) electrons. The van der Waals surface area contributed by atoms with Gasteiger partial charge in [-0.1, -0.05) is 30.3 Å². The molecule has 0 aliphatic carbocycles. The summed E-state index contributed by atoms with van der Waals surface area (Å²) >= 11 is 0. The Hall–Kier alpha value is -3.35. The molecular formula is C15H11N5O2. The molecule has 0 fully saturated rings. The van der Waals surface area contributed by atoms with E-state index in [1.54, 1.807) is 0 Å². The molecule has 0 spiro atoms. The fourth-order valence-electron chi connectivity index (χ4n) is 1.82. The Kier molecular flexibility index (Phi) is 3.69. The molecule has 3 rings (SSSR count). The van der Waals surface area contributed by atoms with Crippen LogP contribution in [0.15, 0.2) is 59.8 Å². The van der Waals surface area contributed by atoms with E-state index in [4.69, 9.17) is 0 Å². The van der Waals surface area contributed by atoms with Gasteiger partial charge in [-0.2, -0.15) is 0 Å². The summed E-state index contributed by atoms with van der Waals surface area (Å²) in [5.41, 5.74) is 0.624. The summed E-state index contributed by atoms with van der Waals surface area (Å²) in [5.74, 6) is 0.382. The van der Waals surface area contributed by atoms with E-state index >= 15 is 0 Å². The van der Waals surface area contributed by atoms with Gasteiger partial charge in [0.15, 0.2) is 5.82 Å². The van der Waals surface area contributed by atoms with Crippen molar-refractivity contribution in [2.45, 2.75) is 0 Å². The number of hydrogen-bond donors (Lipinski definition) is 2. The smallest absolute Gasteiger partial charge is 0.308 e. The molecule has 3 aromatic rings. The van der Waals surface area contributed by atoms with Crippen molar-refractivity contribution in [3.63, 3.8) is 0 Å². The first-order valence-corrected chi connectivity index (χ1v) is 6.46. The molecule has 1 aromatic carbocycles. The molecule has 0 bridgehead atoms. The topological polar surface area (TPSA) is 101 Å². The molecular weight excluding hydrogens is 282 g/mol. The quantitative estimate of drug-likeness (QED) is 0.761. The van der Waals surface area contributed by atoms with Crippen molar-refractivity contribution >= 4 is 11.7 Å². The average Bonchev–Trinajstić information content (AvgIpc) is 2.56. The van der Waals surface area contributed by atoms with Gasteiger partial charge in [0.2, 0.25) is 0 Å². The maximum Gasteiger partial charge on any atom is 0.346 e. The van der Waals surface area contributed by atoms with E-state index in [0.29, 0.717) is 5.82 Å². The largest absolute Gasteiger partial charge is 0.346 e. The highest BCUT2D eigenvalue weighted by Gasteiger charge is 2.09. The number of amides is 1. The summed E-state index contributed by atoms with van der Waals surface area (Å²) in [6.07, 6.45) is 4.18. The summed E-state index contributed by atoms with van der Waals surface area (Å²) in [7, 11) is 0. The minimum Gasteiger partial charge on any atom is -0.308 e. The van der Waals surface area contributed by atoms with E-state index in [1.807, 2.05) is 30.3 Å². The summed E-state index contributed by atoms with van der Waals surface area (Å²) in [6.45, 7) is 0. The maximum absolute atomic E-state index is 12.0. The first-order valence-electron chi connectivity index (χ1n) is 6.46. The van der Waals surface area contributed by atoms with Gasteiger partial charge in [-0.05, 0) is 6.07 Å². The number of carbonyl (C=O) groups excluding carboxylic acids is 1. The molecule has 1 amide bonds. The van der Waals surface area contributed by atoms with E-state index in [0.717, 1.165) is 5.56 Å². The fourth-order valence-corrected chi connectivity index (χ4v) is 1.82. The van der Waals surface area contributed by atoms with Crippen LogP contribution in [0.2, 0.25) is 0 Å². The number of hydrogen-bond acceptors (Lipinski definition) is 5. The zero-order chi connectivity index (χ0) is 15.4. The summed E-state index contributed by atoms with van der Waals surface area (Å²) in [4.78, 5) is 37.3. The third kappa shape index (κ3) is 3.04. The van der Waals surface area contributed by atoms with Gasteiger partial charge in [0.05, 0.1) is 5.56 Å². The molecule has 0 saturated heterocycles. The van der Waals surface area contributed by atoms with Crippen LogP contribution in [0.4, 0.5) is 5.82 Å². The van der Waals surface area contributed by atoms with Crippen LogP contribution in [0.3, 0.4) is 0 Å². The third-order valence-electron chi connectivity index (χ3n) is 2.87. The lowest BCUT2D eigenvalue weighted by molar-refractivity contribution is 0.102. The first kappa shape index (κ1) is 13.6. The van der Waals surface area contributed by atoms with Crippen molar-refractivity contribution in [3.8, 4) is 11.4 Å². The highest BCUT2D eigenvalue weighted by atomic mass is 16.2. The van der Waals surface area contributed by atoms with Crippen molar-refractivity contribution in [2.24, 2.45) is 0 Å². The Balaban J connectivity index is 1.78. The molecule has 0 aliphatic heterocycles. The van der Waals surface area contributed by atoms with Crippen LogP contribution < -0.4 is 11.0 Å². The van der Waals surface area contributed by atoms with Crippen LogP contribution >= 0.6 is 0 Å². The molecule has 2 N–H and O–H groups in total. The zero-order valence-electron chi connectivity index (χ0n) is 11.4. The van der Waals surface area contributed by atoms with Gasteiger partial charge in [0, 0.05) is 24.2 Å². The second-order valence-electron chi connectivity index (χ2n) is 4.40. The molecule has 2 aromatic heterocycles. The van der Waals surface area contributed by atoms with Gasteiger partial charge in [-0.3, -0.25) is 9.78 Å². The van der Waals surface area contributed by atoms with Crippen LogP contribution in [-0.4, -0.2) is 25.8 Å². The molecule has 22 heavy (non-hydrogen) atoms. The Morgan fingerprint density at radius 1 is 1.00 bits per heavy atom. The van der Waals surface area contributed by atoms with Crippen LogP contribution in [0, 0.1) is 0 Å². The van der Waals surface area contributed by atoms with E-state index < -0.39 is 11.6 Å². The lowest BCUT2D eigenvalue weighted by Crippen LogP contribution is -2.18. The highest BCUT2D eigenvalue weighted by molar-refractivity contribution is 6.03. The molecule has 108 valence electrons. The number of H-pyrrole nitrogens is 1. The van der Waals surface area contributed by atoms with Crippen LogP contribution in [0.1, 0.15) is 10.4 Å². The lowest BCUT2D eigenvalue weighted by Gasteiger charge is -2.04. The second-order valence-corrected chi connectivity index (χ2v) is 4.40. The van der Waals surface area contributed by atoms with Gasteiger partial charge in [0.1, 0.15) is 5.82 Å². The van der Waals surface area contributed by atoms with Crippen molar-refractivity contribution in [1.29, 1.82) is 0 Å². The van der Waals surface area contributed by atoms with E-state index in [1.165, 1.54) is 24.7 Å². The minimum atomic E-state index is -0.534. The molecule has 2 heterocycles. The molecule has 0 aliphatic rings. The number of benzene rings is 1. The number of nitrogens with one attached hydrogen (secondary N) is 2. The molecule has 0 atom stereocenters. The van der Waals surface area contributed by atoms with E-state index in [-0.39, 0.29) is 11.4 Å². The number of rotatable bonds is 3. The summed E-state index contributed by atoms with van der Waals surface area (Å²) < 4.78 is 0. The number of carbonyl (C=O) groups is 1. The van der Waals surface area contributed by atoms with Gasteiger partial charge < -0.3 is 5.32 Å². The Morgan fingerprint density at radius 3 is 2.41 bits per heavy atom. The lowest BCUT2D eigenvalue weighted by atomic mass is 10.2. The summed E-state index contributed by atoms with van der Waals surface area (Å²) in [5, 5.41) is 2.54. The zero-order valence-corrected chi connectivity index (χ0v) is 11.4. The maximum atomic E-state index is 12.0. The highest BCUT2D eigenvalue weighted by Crippen LogP contribution is 2.13. The van der Waals surface area contributed by atoms with Crippen molar-refractivity contribution in [2.75, 3.05) is 5.32 Å². The molecule has 0 unspecified atom stereocenters. The normalized spacial score (nSPS) is 10.2. The second kappa shape index (κ2) is 5.96. The van der Waals surface area contributed by atoms with E-state index in [2.05, 4.69) is 25.3 Å². The molecule has 7 heteroatoms. The first-order chi connectivity index (χ1) is 10.7. The van der Waals surface area contributed by atoms with Gasteiger partial charge >= 0.3 is 5.69 Å². The number of anilines is 1. The van der Waals surface area contributed by atoms with Crippen LogP contribution in [0.5, 0.6) is 0 Å². The third-order valence-corrected chi connectivity index (χ3v) is 2.87. The van der Waals surface area contributed by atoms with Crippen molar-refractivity contribution in [1.82, 2.24) is 19.9 Å². The number of nitrogens with zero attached hydrogens (tertiary/aromatic N) is 3. The minimum absolute atomic E-state index is 0.261. The fraction of sp³-hybridized carbons (Fsp3) is 0. The van der Waals surface area contributed by atoms with Gasteiger partial charge in [-0.15, -0.1) is 0 Å². The predicted molar refractivity (Wildman–Crippen MR) is 80.3 cm³/mol. The SMILES string of the molecule is O=C(Nc1ccnc(=O)[nH]1)c1cnc(-c2ccccc2)nc1. The molecule has 7 nitrogen and oxygen atoms in total. The van der Waals surface area contributed by atoms with Crippen LogP contribution in [0.25, 0.3) is 11.4 Å². The van der Waals surface area contributed by atoms with Crippen molar-refractivity contribution < 1.29 is 4.79 Å². The monoisotopic (exact) mass is 293 g/mol. The van der Waals surface area contributed by atoms with Gasteiger partial charge in [-0.25, -0.2) is 19.7 Å². The van der Waals surface area contributed by atoms with Gasteiger partial charge in [0.25, 0.3) is 5.91 Å².